The van der Waals surface area contributed by atoms with E-state index in [1.807, 2.05) is 12.1 Å². The van der Waals surface area contributed by atoms with E-state index < -0.39 is 5.82 Å². The molecule has 4 aromatic rings. The number of anilines is 1. The van der Waals surface area contributed by atoms with Gasteiger partial charge in [-0.25, -0.2) is 14.4 Å². The molecular formula is C22H22FN7O2. The van der Waals surface area contributed by atoms with Crippen LogP contribution in [0, 0.1) is 5.82 Å². The molecule has 0 saturated carbocycles. The molecule has 10 heteroatoms. The van der Waals surface area contributed by atoms with Crippen LogP contribution in [0.5, 0.6) is 0 Å². The molecule has 0 spiro atoms. The number of pyridine rings is 1. The van der Waals surface area contributed by atoms with Crippen molar-refractivity contribution in [2.45, 2.75) is 6.54 Å². The maximum Gasteiger partial charge on any atom is 0.274 e. The number of amides is 1. The summed E-state index contributed by atoms with van der Waals surface area (Å²) in [4.78, 5) is 39.1. The third-order valence-corrected chi connectivity index (χ3v) is 5.91. The Bertz CT molecular complexity index is 1350. The number of aromatic amines is 1. The van der Waals surface area contributed by atoms with Crippen LogP contribution in [-0.4, -0.2) is 63.4 Å². The molecule has 9 nitrogen and oxygen atoms in total. The van der Waals surface area contributed by atoms with Gasteiger partial charge in [-0.3, -0.25) is 18.9 Å². The largest absolute Gasteiger partial charge is 0.368 e. The molecule has 0 unspecified atom stereocenters. The number of fused-ring (bicyclic) bond motifs is 3. The SMILES string of the molecule is CNC(=O)c1ccc(N2CCN(Cc3ccc4c([nH]c(=O)c5cncn54)c3F)CC2)cn1. The second kappa shape index (κ2) is 8.04. The Hall–Kier alpha value is -3.79. The fraction of sp³-hybridized carbons (Fsp3) is 0.273. The Labute approximate surface area is 182 Å². The zero-order valence-corrected chi connectivity index (χ0v) is 17.5. The highest BCUT2D eigenvalue weighted by Gasteiger charge is 2.20. The molecule has 5 rings (SSSR count). The summed E-state index contributed by atoms with van der Waals surface area (Å²) in [7, 11) is 1.57. The molecule has 0 atom stereocenters. The lowest BCUT2D eigenvalue weighted by atomic mass is 10.1. The van der Waals surface area contributed by atoms with Gasteiger partial charge in [0.15, 0.2) is 5.82 Å². The van der Waals surface area contributed by atoms with E-state index in [2.05, 4.69) is 30.1 Å². The highest BCUT2D eigenvalue weighted by Crippen LogP contribution is 2.22. The number of carbonyl (C=O) groups excluding carboxylic acids is 1. The van der Waals surface area contributed by atoms with Gasteiger partial charge in [0, 0.05) is 45.3 Å². The summed E-state index contributed by atoms with van der Waals surface area (Å²) in [5.74, 6) is -0.625. The number of imidazole rings is 1. The Morgan fingerprint density at radius 3 is 2.66 bits per heavy atom. The van der Waals surface area contributed by atoms with Crippen molar-refractivity contribution < 1.29 is 9.18 Å². The zero-order valence-electron chi connectivity index (χ0n) is 17.5. The lowest BCUT2D eigenvalue weighted by Crippen LogP contribution is -2.46. The van der Waals surface area contributed by atoms with Crippen LogP contribution in [0.1, 0.15) is 16.1 Å². The fourth-order valence-corrected chi connectivity index (χ4v) is 4.12. The number of benzene rings is 1. The number of hydrogen-bond acceptors (Lipinski definition) is 6. The van der Waals surface area contributed by atoms with Crippen LogP contribution in [0.3, 0.4) is 0 Å². The monoisotopic (exact) mass is 435 g/mol. The second-order valence-electron chi connectivity index (χ2n) is 7.78. The number of halogens is 1. The number of hydrogen-bond donors (Lipinski definition) is 2. The molecule has 164 valence electrons. The minimum absolute atomic E-state index is 0.193. The number of aromatic nitrogens is 4. The van der Waals surface area contributed by atoms with Crippen LogP contribution in [0.2, 0.25) is 0 Å². The van der Waals surface area contributed by atoms with E-state index in [0.717, 1.165) is 31.9 Å². The van der Waals surface area contributed by atoms with E-state index in [1.54, 1.807) is 29.8 Å². The molecule has 2 N–H and O–H groups in total. The standard InChI is InChI=1S/C22H22FN7O2/c1-24-21(31)16-4-3-15(10-26-16)29-8-6-28(7-9-29)12-14-2-5-17-20(19(14)23)27-22(32)18-11-25-13-30(17)18/h2-5,10-11,13H,6-9,12H2,1H3,(H,24,31)(H,27,32). The van der Waals surface area contributed by atoms with Gasteiger partial charge in [0.2, 0.25) is 0 Å². The lowest BCUT2D eigenvalue weighted by molar-refractivity contribution is 0.0958. The predicted octanol–water partition coefficient (Wildman–Crippen LogP) is 1.39. The number of nitrogens with one attached hydrogen (secondary N) is 2. The van der Waals surface area contributed by atoms with Gasteiger partial charge >= 0.3 is 0 Å². The summed E-state index contributed by atoms with van der Waals surface area (Å²) < 4.78 is 16.8. The highest BCUT2D eigenvalue weighted by molar-refractivity contribution is 5.92. The number of rotatable bonds is 4. The number of nitrogens with zero attached hydrogens (tertiary/aromatic N) is 5. The molecule has 1 saturated heterocycles. The van der Waals surface area contributed by atoms with Crippen LogP contribution in [0.25, 0.3) is 16.6 Å². The van der Waals surface area contributed by atoms with E-state index in [-0.39, 0.29) is 17.0 Å². The van der Waals surface area contributed by atoms with Crippen molar-refractivity contribution in [3.63, 3.8) is 0 Å². The van der Waals surface area contributed by atoms with Crippen molar-refractivity contribution in [1.29, 1.82) is 0 Å². The van der Waals surface area contributed by atoms with Gasteiger partial charge in [-0.05, 0) is 18.2 Å². The third kappa shape index (κ3) is 3.48. The zero-order chi connectivity index (χ0) is 22.2. The van der Waals surface area contributed by atoms with Gasteiger partial charge in [0.25, 0.3) is 11.5 Å². The first-order valence-corrected chi connectivity index (χ1v) is 10.4. The van der Waals surface area contributed by atoms with Gasteiger partial charge in [0.1, 0.15) is 16.7 Å². The maximum atomic E-state index is 15.2. The van der Waals surface area contributed by atoms with Gasteiger partial charge in [-0.1, -0.05) is 6.07 Å². The van der Waals surface area contributed by atoms with Gasteiger partial charge < -0.3 is 15.2 Å². The van der Waals surface area contributed by atoms with E-state index >= 15 is 4.39 Å². The lowest BCUT2D eigenvalue weighted by Gasteiger charge is -2.36. The quantitative estimate of drug-likeness (QED) is 0.503. The van der Waals surface area contributed by atoms with Crippen LogP contribution in [0.4, 0.5) is 10.1 Å². The number of piperazine rings is 1. The fourth-order valence-electron chi connectivity index (χ4n) is 4.12. The summed E-state index contributed by atoms with van der Waals surface area (Å²) in [6, 6.07) is 7.18. The summed E-state index contributed by atoms with van der Waals surface area (Å²) >= 11 is 0. The highest BCUT2D eigenvalue weighted by atomic mass is 19.1. The minimum atomic E-state index is -0.411. The molecule has 0 aliphatic carbocycles. The second-order valence-corrected chi connectivity index (χ2v) is 7.78. The average molecular weight is 435 g/mol. The third-order valence-electron chi connectivity index (χ3n) is 5.91. The van der Waals surface area contributed by atoms with Gasteiger partial charge in [-0.2, -0.15) is 0 Å². The number of H-pyrrole nitrogens is 1. The normalized spacial score (nSPS) is 14.9. The first-order chi connectivity index (χ1) is 15.5. The summed E-state index contributed by atoms with van der Waals surface area (Å²) in [5, 5.41) is 2.56. The van der Waals surface area contributed by atoms with E-state index in [4.69, 9.17) is 0 Å². The van der Waals surface area contributed by atoms with Crippen molar-refractivity contribution in [2.24, 2.45) is 0 Å². The minimum Gasteiger partial charge on any atom is -0.368 e. The van der Waals surface area contributed by atoms with E-state index in [9.17, 15) is 9.59 Å². The molecule has 1 amide bonds. The Morgan fingerprint density at radius 1 is 1.12 bits per heavy atom. The van der Waals surface area contributed by atoms with Crippen molar-refractivity contribution in [3.05, 3.63) is 70.4 Å². The number of carbonyl (C=O) groups is 1. The van der Waals surface area contributed by atoms with Crippen LogP contribution >= 0.6 is 0 Å². The van der Waals surface area contributed by atoms with Gasteiger partial charge in [-0.15, -0.1) is 0 Å². The van der Waals surface area contributed by atoms with E-state index in [1.165, 1.54) is 12.5 Å². The van der Waals surface area contributed by atoms with Gasteiger partial charge in [0.05, 0.1) is 29.9 Å². The molecule has 0 bridgehead atoms. The van der Waals surface area contributed by atoms with Crippen molar-refractivity contribution in [3.8, 4) is 0 Å². The topological polar surface area (TPSA) is 98.6 Å². The summed E-state index contributed by atoms with van der Waals surface area (Å²) in [6.07, 6.45) is 4.68. The van der Waals surface area contributed by atoms with Crippen LogP contribution in [0.15, 0.2) is 47.8 Å². The average Bonchev–Trinajstić information content (AvgIpc) is 3.32. The van der Waals surface area contributed by atoms with Crippen molar-refractivity contribution >= 4 is 28.1 Å². The predicted molar refractivity (Wildman–Crippen MR) is 118 cm³/mol. The maximum absolute atomic E-state index is 15.2. The molecule has 0 radical (unpaired) electrons. The Kier molecular flexibility index (Phi) is 5.06. The Morgan fingerprint density at radius 2 is 1.94 bits per heavy atom. The first kappa shape index (κ1) is 20.1. The first-order valence-electron chi connectivity index (χ1n) is 10.4. The van der Waals surface area contributed by atoms with Crippen LogP contribution in [-0.2, 0) is 6.54 Å². The molecule has 1 aliphatic rings. The molecule has 32 heavy (non-hydrogen) atoms. The Balaban J connectivity index is 1.30. The molecular weight excluding hydrogens is 413 g/mol. The van der Waals surface area contributed by atoms with E-state index in [0.29, 0.717) is 28.8 Å². The molecule has 1 aromatic carbocycles. The summed E-state index contributed by atoms with van der Waals surface area (Å²) in [6.45, 7) is 3.50. The van der Waals surface area contributed by atoms with Crippen LogP contribution < -0.4 is 15.8 Å². The summed E-state index contributed by atoms with van der Waals surface area (Å²) in [5.41, 5.74) is 2.67. The molecule has 1 aliphatic heterocycles. The molecule has 1 fully saturated rings. The molecule has 4 heterocycles. The van der Waals surface area contributed by atoms with Crippen molar-refractivity contribution in [2.75, 3.05) is 38.1 Å². The smallest absolute Gasteiger partial charge is 0.274 e. The van der Waals surface area contributed by atoms with Crippen molar-refractivity contribution in [1.82, 2.24) is 29.6 Å². The molecule has 3 aromatic heterocycles.